The molecule has 1 aromatic heterocycles. The maximum absolute atomic E-state index is 11.4. The fraction of sp³-hybridized carbons (Fsp3) is 0.267. The first-order valence-corrected chi connectivity index (χ1v) is 6.58. The summed E-state index contributed by atoms with van der Waals surface area (Å²) in [5.74, 6) is 0.774. The van der Waals surface area contributed by atoms with Gasteiger partial charge in [0.05, 0.1) is 17.1 Å². The van der Waals surface area contributed by atoms with E-state index in [9.17, 15) is 4.79 Å². The number of hydrogen-bond donors (Lipinski definition) is 2. The Bertz CT molecular complexity index is 709. The van der Waals surface area contributed by atoms with Crippen molar-refractivity contribution in [3.63, 3.8) is 0 Å². The van der Waals surface area contributed by atoms with Crippen molar-refractivity contribution in [2.24, 2.45) is 0 Å². The number of aryl methyl sites for hydroxylation is 3. The molecule has 5 nitrogen and oxygen atoms in total. The van der Waals surface area contributed by atoms with Crippen LogP contribution in [0, 0.1) is 13.8 Å². The number of nitrogens with one attached hydrogen (secondary N) is 1. The normalized spacial score (nSPS) is 13.8. The molecule has 0 saturated carbocycles. The lowest BCUT2D eigenvalue weighted by atomic mass is 9.98. The molecule has 5 heteroatoms. The second kappa shape index (κ2) is 4.59. The maximum atomic E-state index is 11.4. The molecule has 1 aromatic carbocycles. The average molecular weight is 268 g/mol. The summed E-state index contributed by atoms with van der Waals surface area (Å²) in [6, 6.07) is 5.89. The summed E-state index contributed by atoms with van der Waals surface area (Å²) in [5, 5.41) is 2.87. The first kappa shape index (κ1) is 12.6. The number of carbonyl (C=O) groups excluding carboxylic acids is 1. The standard InChI is InChI=1S/C15H16N4O/c1-8-14(16)15(18-9(2)17-8)11-3-5-12-10(7-11)4-6-13(20)19-12/h3,5,7H,4,6,16H2,1-2H3,(H,19,20). The van der Waals surface area contributed by atoms with Gasteiger partial charge < -0.3 is 11.1 Å². The summed E-state index contributed by atoms with van der Waals surface area (Å²) in [7, 11) is 0. The van der Waals surface area contributed by atoms with Gasteiger partial charge in [0.1, 0.15) is 5.82 Å². The third kappa shape index (κ3) is 2.11. The summed E-state index contributed by atoms with van der Waals surface area (Å²) in [6.07, 6.45) is 1.27. The number of benzene rings is 1. The summed E-state index contributed by atoms with van der Waals surface area (Å²) in [4.78, 5) is 20.1. The molecule has 0 spiro atoms. The van der Waals surface area contributed by atoms with Gasteiger partial charge in [-0.1, -0.05) is 6.07 Å². The largest absolute Gasteiger partial charge is 0.395 e. The molecule has 0 radical (unpaired) electrons. The number of nitrogen functional groups attached to an aromatic ring is 1. The molecule has 3 N–H and O–H groups in total. The number of aromatic nitrogens is 2. The Morgan fingerprint density at radius 1 is 1.20 bits per heavy atom. The lowest BCUT2D eigenvalue weighted by Gasteiger charge is -2.18. The van der Waals surface area contributed by atoms with Crippen LogP contribution < -0.4 is 11.1 Å². The molecule has 2 heterocycles. The molecule has 102 valence electrons. The minimum Gasteiger partial charge on any atom is -0.395 e. The van der Waals surface area contributed by atoms with Crippen molar-refractivity contribution in [1.82, 2.24) is 9.97 Å². The van der Waals surface area contributed by atoms with Crippen LogP contribution in [0.3, 0.4) is 0 Å². The van der Waals surface area contributed by atoms with Crippen LogP contribution in [0.2, 0.25) is 0 Å². The van der Waals surface area contributed by atoms with Crippen molar-refractivity contribution in [3.05, 3.63) is 35.3 Å². The SMILES string of the molecule is Cc1nc(C)c(N)c(-c2ccc3c(c2)CCC(=O)N3)n1. The molecule has 20 heavy (non-hydrogen) atoms. The van der Waals surface area contributed by atoms with Gasteiger partial charge in [0.2, 0.25) is 5.91 Å². The van der Waals surface area contributed by atoms with Crippen LogP contribution in [0.15, 0.2) is 18.2 Å². The van der Waals surface area contributed by atoms with Crippen LogP contribution in [-0.4, -0.2) is 15.9 Å². The summed E-state index contributed by atoms with van der Waals surface area (Å²) in [5.41, 5.74) is 11.2. The van der Waals surface area contributed by atoms with E-state index in [2.05, 4.69) is 15.3 Å². The molecule has 0 unspecified atom stereocenters. The molecule has 0 aliphatic carbocycles. The number of anilines is 2. The minimum absolute atomic E-state index is 0.0680. The second-order valence-corrected chi connectivity index (χ2v) is 5.04. The Hall–Kier alpha value is -2.43. The highest BCUT2D eigenvalue weighted by molar-refractivity contribution is 5.94. The molecule has 3 rings (SSSR count). The van der Waals surface area contributed by atoms with Gasteiger partial charge in [-0.3, -0.25) is 4.79 Å². The minimum atomic E-state index is 0.0680. The van der Waals surface area contributed by atoms with E-state index in [-0.39, 0.29) is 5.91 Å². The fourth-order valence-corrected chi connectivity index (χ4v) is 2.47. The highest BCUT2D eigenvalue weighted by atomic mass is 16.1. The van der Waals surface area contributed by atoms with E-state index >= 15 is 0 Å². The molecular weight excluding hydrogens is 252 g/mol. The first-order chi connectivity index (χ1) is 9.54. The zero-order valence-electron chi connectivity index (χ0n) is 11.5. The van der Waals surface area contributed by atoms with E-state index in [4.69, 9.17) is 5.73 Å². The molecule has 0 saturated heterocycles. The topological polar surface area (TPSA) is 80.9 Å². The molecule has 2 aromatic rings. The molecule has 1 aliphatic rings. The Morgan fingerprint density at radius 3 is 2.80 bits per heavy atom. The Balaban J connectivity index is 2.10. The molecule has 1 amide bonds. The van der Waals surface area contributed by atoms with Crippen LogP contribution in [-0.2, 0) is 11.2 Å². The average Bonchev–Trinajstić information content (AvgIpc) is 2.42. The quantitative estimate of drug-likeness (QED) is 0.831. The van der Waals surface area contributed by atoms with Crippen molar-refractivity contribution < 1.29 is 4.79 Å². The van der Waals surface area contributed by atoms with Crippen molar-refractivity contribution in [1.29, 1.82) is 0 Å². The Morgan fingerprint density at radius 2 is 2.00 bits per heavy atom. The van der Waals surface area contributed by atoms with Crippen LogP contribution in [0.1, 0.15) is 23.5 Å². The van der Waals surface area contributed by atoms with Gasteiger partial charge in [0, 0.05) is 17.7 Å². The number of rotatable bonds is 1. The van der Waals surface area contributed by atoms with Gasteiger partial charge in [-0.25, -0.2) is 9.97 Å². The summed E-state index contributed by atoms with van der Waals surface area (Å²) >= 11 is 0. The fourth-order valence-electron chi connectivity index (χ4n) is 2.47. The van der Waals surface area contributed by atoms with E-state index in [1.54, 1.807) is 0 Å². The van der Waals surface area contributed by atoms with Crippen molar-refractivity contribution in [3.8, 4) is 11.3 Å². The lowest BCUT2D eigenvalue weighted by molar-refractivity contribution is -0.116. The van der Waals surface area contributed by atoms with E-state index in [1.165, 1.54) is 0 Å². The van der Waals surface area contributed by atoms with Crippen LogP contribution in [0.5, 0.6) is 0 Å². The van der Waals surface area contributed by atoms with E-state index in [1.807, 2.05) is 32.0 Å². The molecule has 1 aliphatic heterocycles. The van der Waals surface area contributed by atoms with Gasteiger partial charge >= 0.3 is 0 Å². The highest BCUT2D eigenvalue weighted by Crippen LogP contribution is 2.31. The van der Waals surface area contributed by atoms with Crippen LogP contribution >= 0.6 is 0 Å². The van der Waals surface area contributed by atoms with Gasteiger partial charge in [-0.2, -0.15) is 0 Å². The van der Waals surface area contributed by atoms with Gasteiger partial charge in [0.25, 0.3) is 0 Å². The number of carbonyl (C=O) groups is 1. The van der Waals surface area contributed by atoms with Crippen LogP contribution in [0.25, 0.3) is 11.3 Å². The molecule has 0 fully saturated rings. The van der Waals surface area contributed by atoms with E-state index < -0.39 is 0 Å². The lowest BCUT2D eigenvalue weighted by Crippen LogP contribution is -2.18. The zero-order chi connectivity index (χ0) is 14.3. The zero-order valence-corrected chi connectivity index (χ0v) is 11.5. The number of amides is 1. The summed E-state index contributed by atoms with van der Waals surface area (Å²) in [6.45, 7) is 3.74. The van der Waals surface area contributed by atoms with E-state index in [0.29, 0.717) is 17.9 Å². The van der Waals surface area contributed by atoms with Crippen molar-refractivity contribution >= 4 is 17.3 Å². The number of nitrogens with two attached hydrogens (primary N) is 1. The number of hydrogen-bond acceptors (Lipinski definition) is 4. The van der Waals surface area contributed by atoms with E-state index in [0.717, 1.165) is 34.6 Å². The Kier molecular flexibility index (Phi) is 2.89. The monoisotopic (exact) mass is 268 g/mol. The first-order valence-electron chi connectivity index (χ1n) is 6.58. The second-order valence-electron chi connectivity index (χ2n) is 5.04. The molecular formula is C15H16N4O. The highest BCUT2D eigenvalue weighted by Gasteiger charge is 2.17. The molecule has 0 atom stereocenters. The maximum Gasteiger partial charge on any atom is 0.224 e. The van der Waals surface area contributed by atoms with Gasteiger partial charge in [-0.05, 0) is 38.0 Å². The van der Waals surface area contributed by atoms with Gasteiger partial charge in [-0.15, -0.1) is 0 Å². The van der Waals surface area contributed by atoms with Crippen LogP contribution in [0.4, 0.5) is 11.4 Å². The van der Waals surface area contributed by atoms with Crippen molar-refractivity contribution in [2.45, 2.75) is 26.7 Å². The predicted molar refractivity (Wildman–Crippen MR) is 78.3 cm³/mol. The third-order valence-corrected chi connectivity index (χ3v) is 3.52. The van der Waals surface area contributed by atoms with Gasteiger partial charge in [0.15, 0.2) is 0 Å². The number of fused-ring (bicyclic) bond motifs is 1. The smallest absolute Gasteiger partial charge is 0.224 e. The predicted octanol–water partition coefficient (Wildman–Crippen LogP) is 2.23. The summed E-state index contributed by atoms with van der Waals surface area (Å²) < 4.78 is 0. The molecule has 0 bridgehead atoms. The third-order valence-electron chi connectivity index (χ3n) is 3.52. The number of nitrogens with zero attached hydrogens (tertiary/aromatic N) is 2. The Labute approximate surface area is 117 Å². The van der Waals surface area contributed by atoms with Crippen molar-refractivity contribution in [2.75, 3.05) is 11.1 Å².